The molecule has 0 aliphatic heterocycles. The summed E-state index contributed by atoms with van der Waals surface area (Å²) in [5.74, 6) is 1.81. The fourth-order valence-electron chi connectivity index (χ4n) is 0.803. The highest BCUT2D eigenvalue weighted by Gasteiger charge is 1.89. The molecule has 1 aromatic carbocycles. The normalized spacial score (nSPS) is 8.91. The second-order valence-electron chi connectivity index (χ2n) is 1.82. The fourth-order valence-corrected chi connectivity index (χ4v) is 1.48. The molecule has 0 N–H and O–H groups in total. The monoisotopic (exact) mass is 229 g/mol. The molecule has 2 rings (SSSR count). The first kappa shape index (κ1) is 8.68. The fraction of sp³-hybridized carbons (Fsp3) is 0.125. The number of alkyl halides is 1. The van der Waals surface area contributed by atoms with Crippen molar-refractivity contribution < 1.29 is 0 Å². The van der Waals surface area contributed by atoms with E-state index in [1.165, 1.54) is 4.70 Å². The van der Waals surface area contributed by atoms with Crippen molar-refractivity contribution >= 4 is 37.5 Å². The third-order valence-corrected chi connectivity index (χ3v) is 2.05. The van der Waals surface area contributed by atoms with Crippen LogP contribution in [-0.2, 0) is 0 Å². The van der Waals surface area contributed by atoms with Gasteiger partial charge in [0.2, 0.25) is 0 Å². The van der Waals surface area contributed by atoms with Crippen LogP contribution in [0.4, 0.5) is 0 Å². The number of benzene rings is 1. The maximum atomic E-state index is 4.14. The number of aromatic nitrogens is 1. The summed E-state index contributed by atoms with van der Waals surface area (Å²) in [4.78, 5) is 4.14. The molecule has 58 valence electrons. The number of halogens is 1. The van der Waals surface area contributed by atoms with Crippen LogP contribution in [0.3, 0.4) is 0 Å². The average molecular weight is 230 g/mol. The van der Waals surface area contributed by atoms with Crippen molar-refractivity contribution in [1.82, 2.24) is 4.98 Å². The number of hydrogen-bond donors (Lipinski definition) is 0. The van der Waals surface area contributed by atoms with Crippen LogP contribution in [0.2, 0.25) is 0 Å². The van der Waals surface area contributed by atoms with Gasteiger partial charge in [0, 0.05) is 0 Å². The third-order valence-electron chi connectivity index (χ3n) is 1.24. The molecule has 11 heavy (non-hydrogen) atoms. The van der Waals surface area contributed by atoms with E-state index in [-0.39, 0.29) is 0 Å². The number of fused-ring (bicyclic) bond motifs is 1. The van der Waals surface area contributed by atoms with Crippen molar-refractivity contribution in [3.05, 3.63) is 29.8 Å². The Bertz CT molecular complexity index is 288. The highest BCUT2D eigenvalue weighted by atomic mass is 79.9. The van der Waals surface area contributed by atoms with Gasteiger partial charge < -0.3 is 0 Å². The molecule has 0 atom stereocenters. The van der Waals surface area contributed by atoms with Gasteiger partial charge in [0.1, 0.15) is 0 Å². The van der Waals surface area contributed by atoms with Crippen molar-refractivity contribution in [2.24, 2.45) is 0 Å². The lowest BCUT2D eigenvalue weighted by Crippen LogP contribution is -1.61. The van der Waals surface area contributed by atoms with E-state index in [0.29, 0.717) is 0 Å². The van der Waals surface area contributed by atoms with Crippen molar-refractivity contribution in [3.63, 3.8) is 0 Å². The second kappa shape index (κ2) is 4.46. The summed E-state index contributed by atoms with van der Waals surface area (Å²) in [6.45, 7) is 0. The van der Waals surface area contributed by atoms with E-state index in [1.54, 1.807) is 11.3 Å². The summed E-state index contributed by atoms with van der Waals surface area (Å²) in [5, 5.41) is 0. The van der Waals surface area contributed by atoms with Crippen LogP contribution in [0.15, 0.2) is 29.8 Å². The SMILES string of the molecule is CBr.c1ccc2scnc2c1. The summed E-state index contributed by atoms with van der Waals surface area (Å²) in [5.41, 5.74) is 2.97. The highest BCUT2D eigenvalue weighted by molar-refractivity contribution is 9.08. The number of thiazole rings is 1. The first-order chi connectivity index (χ1) is 5.47. The summed E-state index contributed by atoms with van der Waals surface area (Å²) >= 11 is 4.61. The minimum absolute atomic E-state index is 1.10. The lowest BCUT2D eigenvalue weighted by atomic mass is 10.3. The van der Waals surface area contributed by atoms with E-state index in [1.807, 2.05) is 29.5 Å². The van der Waals surface area contributed by atoms with Gasteiger partial charge in [-0.15, -0.1) is 11.3 Å². The average Bonchev–Trinajstić information content (AvgIpc) is 2.55. The summed E-state index contributed by atoms with van der Waals surface area (Å²) in [7, 11) is 0. The maximum Gasteiger partial charge on any atom is 0.0812 e. The first-order valence-electron chi connectivity index (χ1n) is 3.13. The molecule has 3 heteroatoms. The van der Waals surface area contributed by atoms with E-state index in [9.17, 15) is 0 Å². The standard InChI is InChI=1S/C7H5NS.CH3Br/c1-2-4-7-6(3-1)8-5-9-7;1-2/h1-5H;1H3. The van der Waals surface area contributed by atoms with Crippen molar-refractivity contribution in [2.45, 2.75) is 0 Å². The van der Waals surface area contributed by atoms with Gasteiger partial charge in [0.25, 0.3) is 0 Å². The molecule has 0 fully saturated rings. The van der Waals surface area contributed by atoms with Crippen LogP contribution >= 0.6 is 27.3 Å². The molecule has 0 bridgehead atoms. The van der Waals surface area contributed by atoms with Crippen LogP contribution in [0.5, 0.6) is 0 Å². The Morgan fingerprint density at radius 2 is 2.00 bits per heavy atom. The first-order valence-corrected chi connectivity index (χ1v) is 5.59. The Hall–Kier alpha value is -0.410. The minimum atomic E-state index is 1.10. The van der Waals surface area contributed by atoms with Gasteiger partial charge in [-0.3, -0.25) is 0 Å². The zero-order valence-electron chi connectivity index (χ0n) is 6.12. The number of hydrogen-bond acceptors (Lipinski definition) is 2. The molecule has 0 spiro atoms. The zero-order chi connectivity index (χ0) is 8.10. The van der Waals surface area contributed by atoms with Gasteiger partial charge >= 0.3 is 0 Å². The molecule has 2 aromatic rings. The third kappa shape index (κ3) is 2.01. The Morgan fingerprint density at radius 3 is 2.73 bits per heavy atom. The number of para-hydroxylation sites is 1. The van der Waals surface area contributed by atoms with Crippen molar-refractivity contribution in [3.8, 4) is 0 Å². The van der Waals surface area contributed by atoms with Crippen LogP contribution in [0, 0.1) is 0 Å². The Labute approximate surface area is 78.2 Å². The molecule has 0 saturated carbocycles. The molecular weight excluding hydrogens is 222 g/mol. The van der Waals surface area contributed by atoms with E-state index in [4.69, 9.17) is 0 Å². The lowest BCUT2D eigenvalue weighted by Gasteiger charge is -1.80. The van der Waals surface area contributed by atoms with Crippen molar-refractivity contribution in [1.29, 1.82) is 0 Å². The van der Waals surface area contributed by atoms with E-state index >= 15 is 0 Å². The largest absolute Gasteiger partial charge is 0.245 e. The number of nitrogens with zero attached hydrogens (tertiary/aromatic N) is 1. The van der Waals surface area contributed by atoms with Crippen LogP contribution in [0.1, 0.15) is 0 Å². The van der Waals surface area contributed by atoms with E-state index < -0.39 is 0 Å². The van der Waals surface area contributed by atoms with Gasteiger partial charge in [0.15, 0.2) is 0 Å². The summed E-state index contributed by atoms with van der Waals surface area (Å²) in [6, 6.07) is 8.13. The van der Waals surface area contributed by atoms with Gasteiger partial charge in [-0.1, -0.05) is 28.1 Å². The topological polar surface area (TPSA) is 12.9 Å². The highest BCUT2D eigenvalue weighted by Crippen LogP contribution is 2.15. The number of rotatable bonds is 0. The molecule has 0 amide bonds. The quantitative estimate of drug-likeness (QED) is 0.632. The second-order valence-corrected chi connectivity index (χ2v) is 2.71. The molecule has 0 aliphatic rings. The Morgan fingerprint density at radius 1 is 1.27 bits per heavy atom. The lowest BCUT2D eigenvalue weighted by molar-refractivity contribution is 1.50. The Kier molecular flexibility index (Phi) is 3.52. The van der Waals surface area contributed by atoms with Crippen LogP contribution in [0.25, 0.3) is 10.2 Å². The van der Waals surface area contributed by atoms with Gasteiger partial charge in [-0.2, -0.15) is 0 Å². The minimum Gasteiger partial charge on any atom is -0.245 e. The Balaban J connectivity index is 0.000000281. The molecule has 0 aliphatic carbocycles. The van der Waals surface area contributed by atoms with E-state index in [0.717, 1.165) is 5.52 Å². The predicted octanol–water partition coefficient (Wildman–Crippen LogP) is 3.31. The van der Waals surface area contributed by atoms with E-state index in [2.05, 4.69) is 27.0 Å². The van der Waals surface area contributed by atoms with Crippen molar-refractivity contribution in [2.75, 3.05) is 5.83 Å². The molecule has 1 heterocycles. The summed E-state index contributed by atoms with van der Waals surface area (Å²) in [6.07, 6.45) is 0. The molecule has 1 aromatic heterocycles. The van der Waals surface area contributed by atoms with Crippen LogP contribution < -0.4 is 0 Å². The van der Waals surface area contributed by atoms with Gasteiger partial charge in [-0.25, -0.2) is 4.98 Å². The zero-order valence-corrected chi connectivity index (χ0v) is 8.52. The maximum absolute atomic E-state index is 4.14. The van der Waals surface area contributed by atoms with Gasteiger partial charge in [-0.05, 0) is 18.0 Å². The molecule has 0 saturated heterocycles. The predicted molar refractivity (Wildman–Crippen MR) is 54.5 cm³/mol. The van der Waals surface area contributed by atoms with Gasteiger partial charge in [0.05, 0.1) is 15.7 Å². The molecule has 0 unspecified atom stereocenters. The summed E-state index contributed by atoms with van der Waals surface area (Å²) < 4.78 is 1.26. The molecule has 0 radical (unpaired) electrons. The van der Waals surface area contributed by atoms with Crippen LogP contribution in [-0.4, -0.2) is 10.8 Å². The molecular formula is C8H8BrNS. The smallest absolute Gasteiger partial charge is 0.0812 e. The molecule has 1 nitrogen and oxygen atoms in total.